The molecule has 16 heavy (non-hydrogen) atoms. The van der Waals surface area contributed by atoms with Gasteiger partial charge in [0, 0.05) is 25.4 Å². The molecule has 2 N–H and O–H groups in total. The van der Waals surface area contributed by atoms with Gasteiger partial charge >= 0.3 is 6.03 Å². The molecule has 0 aromatic rings. The van der Waals surface area contributed by atoms with Crippen molar-refractivity contribution in [2.24, 2.45) is 0 Å². The summed E-state index contributed by atoms with van der Waals surface area (Å²) in [4.78, 5) is 13.3. The second-order valence-corrected chi connectivity index (χ2v) is 4.98. The van der Waals surface area contributed by atoms with Gasteiger partial charge in [-0.3, -0.25) is 0 Å². The number of rotatable bonds is 7. The number of thioether (sulfide) groups is 1. The van der Waals surface area contributed by atoms with Crippen molar-refractivity contribution < 1.29 is 9.90 Å². The van der Waals surface area contributed by atoms with Crippen LogP contribution in [-0.2, 0) is 0 Å². The minimum atomic E-state index is -0.358. The van der Waals surface area contributed by atoms with Crippen LogP contribution in [0.25, 0.3) is 0 Å². The standard InChI is InChI=1S/C11H24N2O2S/c1-5-10(8-16-4)12-11(15)13(3)7-6-9(2)14/h9-10,14H,5-8H2,1-4H3,(H,12,15). The molecule has 2 atom stereocenters. The second-order valence-electron chi connectivity index (χ2n) is 4.07. The van der Waals surface area contributed by atoms with Crippen molar-refractivity contribution in [2.75, 3.05) is 25.6 Å². The highest BCUT2D eigenvalue weighted by Crippen LogP contribution is 2.02. The van der Waals surface area contributed by atoms with Crippen molar-refractivity contribution in [3.8, 4) is 0 Å². The van der Waals surface area contributed by atoms with E-state index in [0.717, 1.165) is 12.2 Å². The van der Waals surface area contributed by atoms with Crippen molar-refractivity contribution in [1.82, 2.24) is 10.2 Å². The maximum absolute atomic E-state index is 11.7. The number of amides is 2. The van der Waals surface area contributed by atoms with Gasteiger partial charge in [-0.25, -0.2) is 4.79 Å². The van der Waals surface area contributed by atoms with Crippen LogP contribution in [-0.4, -0.2) is 53.8 Å². The van der Waals surface area contributed by atoms with Gasteiger partial charge in [0.1, 0.15) is 0 Å². The summed E-state index contributed by atoms with van der Waals surface area (Å²) in [5.41, 5.74) is 0. The summed E-state index contributed by atoms with van der Waals surface area (Å²) in [5, 5.41) is 12.1. The average Bonchev–Trinajstić information content (AvgIpc) is 2.24. The average molecular weight is 248 g/mol. The second kappa shape index (κ2) is 8.70. The van der Waals surface area contributed by atoms with E-state index < -0.39 is 0 Å². The van der Waals surface area contributed by atoms with Gasteiger partial charge in [-0.15, -0.1) is 0 Å². The predicted molar refractivity (Wildman–Crippen MR) is 69.9 cm³/mol. The van der Waals surface area contributed by atoms with Gasteiger partial charge in [-0.05, 0) is 26.0 Å². The number of carbonyl (C=O) groups is 1. The quantitative estimate of drug-likeness (QED) is 0.718. The first-order valence-electron chi connectivity index (χ1n) is 5.69. The molecule has 0 radical (unpaired) electrons. The monoisotopic (exact) mass is 248 g/mol. The lowest BCUT2D eigenvalue weighted by Crippen LogP contribution is -2.44. The van der Waals surface area contributed by atoms with E-state index in [1.54, 1.807) is 30.6 Å². The van der Waals surface area contributed by atoms with Gasteiger partial charge < -0.3 is 15.3 Å². The molecule has 5 heteroatoms. The largest absolute Gasteiger partial charge is 0.393 e. The molecule has 0 aliphatic heterocycles. The van der Waals surface area contributed by atoms with Crippen LogP contribution in [0.1, 0.15) is 26.7 Å². The molecule has 4 nitrogen and oxygen atoms in total. The normalized spacial score (nSPS) is 14.3. The highest BCUT2D eigenvalue weighted by Gasteiger charge is 2.13. The third-order valence-electron chi connectivity index (χ3n) is 2.42. The molecule has 96 valence electrons. The third kappa shape index (κ3) is 6.95. The van der Waals surface area contributed by atoms with Crippen LogP contribution >= 0.6 is 11.8 Å². The molecule has 0 fully saturated rings. The van der Waals surface area contributed by atoms with E-state index in [0.29, 0.717) is 13.0 Å². The first-order valence-corrected chi connectivity index (χ1v) is 7.09. The summed E-state index contributed by atoms with van der Waals surface area (Å²) in [6, 6.07) is 0.179. The summed E-state index contributed by atoms with van der Waals surface area (Å²) in [6.07, 6.45) is 3.23. The molecule has 0 saturated carbocycles. The highest BCUT2D eigenvalue weighted by molar-refractivity contribution is 7.98. The molecular formula is C11H24N2O2S. The number of aliphatic hydroxyl groups excluding tert-OH is 1. The maximum Gasteiger partial charge on any atom is 0.317 e. The first kappa shape index (κ1) is 15.6. The Kier molecular flexibility index (Phi) is 8.47. The fourth-order valence-corrected chi connectivity index (χ4v) is 1.95. The number of carbonyl (C=O) groups excluding carboxylic acids is 1. The highest BCUT2D eigenvalue weighted by atomic mass is 32.2. The minimum Gasteiger partial charge on any atom is -0.393 e. The van der Waals surface area contributed by atoms with Crippen molar-refractivity contribution in [2.45, 2.75) is 38.8 Å². The van der Waals surface area contributed by atoms with Crippen molar-refractivity contribution in [3.63, 3.8) is 0 Å². The number of hydrogen-bond acceptors (Lipinski definition) is 3. The summed E-state index contributed by atoms with van der Waals surface area (Å²) >= 11 is 1.73. The maximum atomic E-state index is 11.7. The van der Waals surface area contributed by atoms with Crippen LogP contribution in [0.2, 0.25) is 0 Å². The van der Waals surface area contributed by atoms with E-state index in [-0.39, 0.29) is 18.2 Å². The van der Waals surface area contributed by atoms with Crippen LogP contribution < -0.4 is 5.32 Å². The van der Waals surface area contributed by atoms with Gasteiger partial charge in [-0.2, -0.15) is 11.8 Å². The lowest BCUT2D eigenvalue weighted by Gasteiger charge is -2.22. The molecule has 2 amide bonds. The molecule has 0 bridgehead atoms. The number of aliphatic hydroxyl groups is 1. The Bertz CT molecular complexity index is 200. The van der Waals surface area contributed by atoms with E-state index >= 15 is 0 Å². The van der Waals surface area contributed by atoms with Gasteiger partial charge in [0.25, 0.3) is 0 Å². The molecule has 0 saturated heterocycles. The molecule has 0 rings (SSSR count). The minimum absolute atomic E-state index is 0.0541. The van der Waals surface area contributed by atoms with E-state index in [2.05, 4.69) is 12.2 Å². The Hall–Kier alpha value is -0.420. The molecule has 0 aromatic carbocycles. The third-order valence-corrected chi connectivity index (χ3v) is 3.15. The zero-order chi connectivity index (χ0) is 12.6. The van der Waals surface area contributed by atoms with Crippen LogP contribution in [0.3, 0.4) is 0 Å². The Morgan fingerprint density at radius 2 is 2.19 bits per heavy atom. The van der Waals surface area contributed by atoms with E-state index in [4.69, 9.17) is 5.11 Å². The van der Waals surface area contributed by atoms with Crippen LogP contribution in [0.5, 0.6) is 0 Å². The molecule has 0 heterocycles. The smallest absolute Gasteiger partial charge is 0.317 e. The number of nitrogens with zero attached hydrogens (tertiary/aromatic N) is 1. The molecular weight excluding hydrogens is 224 g/mol. The molecule has 0 aromatic heterocycles. The Morgan fingerprint density at radius 3 is 2.62 bits per heavy atom. The Labute approximate surface area is 103 Å². The lowest BCUT2D eigenvalue weighted by molar-refractivity contribution is 0.162. The van der Waals surface area contributed by atoms with Gasteiger partial charge in [0.05, 0.1) is 6.10 Å². The molecule has 0 aliphatic carbocycles. The summed E-state index contributed by atoms with van der Waals surface area (Å²) in [6.45, 7) is 4.38. The predicted octanol–water partition coefficient (Wildman–Crippen LogP) is 1.54. The summed E-state index contributed by atoms with van der Waals surface area (Å²) in [5.74, 6) is 0.937. The fraction of sp³-hybridized carbons (Fsp3) is 0.909. The number of hydrogen-bond donors (Lipinski definition) is 2. The van der Waals surface area contributed by atoms with Crippen molar-refractivity contribution >= 4 is 17.8 Å². The van der Waals surface area contributed by atoms with E-state index in [1.165, 1.54) is 0 Å². The van der Waals surface area contributed by atoms with E-state index in [9.17, 15) is 4.79 Å². The molecule has 0 spiro atoms. The van der Waals surface area contributed by atoms with Crippen LogP contribution in [0.4, 0.5) is 4.79 Å². The summed E-state index contributed by atoms with van der Waals surface area (Å²) in [7, 11) is 1.75. The van der Waals surface area contributed by atoms with Crippen molar-refractivity contribution in [1.29, 1.82) is 0 Å². The topological polar surface area (TPSA) is 52.6 Å². The summed E-state index contributed by atoms with van der Waals surface area (Å²) < 4.78 is 0. The molecule has 2 unspecified atom stereocenters. The van der Waals surface area contributed by atoms with Gasteiger partial charge in [0.2, 0.25) is 0 Å². The number of urea groups is 1. The van der Waals surface area contributed by atoms with E-state index in [1.807, 2.05) is 6.26 Å². The zero-order valence-corrected chi connectivity index (χ0v) is 11.5. The van der Waals surface area contributed by atoms with Crippen molar-refractivity contribution in [3.05, 3.63) is 0 Å². The van der Waals surface area contributed by atoms with Crippen LogP contribution in [0.15, 0.2) is 0 Å². The Balaban J connectivity index is 3.92. The fourth-order valence-electron chi connectivity index (χ4n) is 1.23. The SMILES string of the molecule is CCC(CSC)NC(=O)N(C)CCC(C)O. The molecule has 0 aliphatic rings. The van der Waals surface area contributed by atoms with Gasteiger partial charge in [-0.1, -0.05) is 6.92 Å². The lowest BCUT2D eigenvalue weighted by atomic mass is 10.2. The van der Waals surface area contributed by atoms with Gasteiger partial charge in [0.15, 0.2) is 0 Å². The zero-order valence-electron chi connectivity index (χ0n) is 10.7. The first-order chi connectivity index (χ1) is 7.51. The number of nitrogens with one attached hydrogen (secondary N) is 1. The van der Waals surface area contributed by atoms with Crippen LogP contribution in [0, 0.1) is 0 Å². The Morgan fingerprint density at radius 1 is 1.56 bits per heavy atom.